The summed E-state index contributed by atoms with van der Waals surface area (Å²) in [5.74, 6) is -0.371. The molecule has 1 heterocycles. The second kappa shape index (κ2) is 9.39. The van der Waals surface area contributed by atoms with Gasteiger partial charge in [0.15, 0.2) is 0 Å². The average molecular weight is 561 g/mol. The van der Waals surface area contributed by atoms with Gasteiger partial charge in [0.2, 0.25) is 0 Å². The summed E-state index contributed by atoms with van der Waals surface area (Å²) in [4.78, 5) is 11.9. The molecule has 4 aromatic rings. The van der Waals surface area contributed by atoms with E-state index in [1.807, 2.05) is 71.4 Å². The van der Waals surface area contributed by atoms with Gasteiger partial charge in [-0.05, 0) is 42.0 Å². The molecule has 156 valence electrons. The van der Waals surface area contributed by atoms with E-state index in [0.717, 1.165) is 31.3 Å². The fraction of sp³-hybridized carbons (Fsp3) is 0.0833. The van der Waals surface area contributed by atoms with E-state index in [1.54, 1.807) is 6.07 Å². The smallest absolute Gasteiger partial charge is 0.337 e. The van der Waals surface area contributed by atoms with Crippen LogP contribution in [0.15, 0.2) is 81.7 Å². The Morgan fingerprint density at radius 3 is 2.19 bits per heavy atom. The van der Waals surface area contributed by atoms with Crippen LogP contribution in [0.2, 0.25) is 5.02 Å². The van der Waals surface area contributed by atoms with E-state index in [4.69, 9.17) is 21.4 Å². The van der Waals surface area contributed by atoms with Gasteiger partial charge in [-0.2, -0.15) is 5.10 Å². The van der Waals surface area contributed by atoms with Crippen molar-refractivity contribution in [3.63, 3.8) is 0 Å². The molecule has 0 saturated carbocycles. The van der Waals surface area contributed by atoms with Crippen molar-refractivity contribution in [3.05, 3.63) is 97.9 Å². The Labute approximate surface area is 202 Å². The van der Waals surface area contributed by atoms with Crippen LogP contribution in [0.3, 0.4) is 0 Å². The number of hydrogen-bond donors (Lipinski definition) is 0. The maximum atomic E-state index is 11.9. The van der Waals surface area contributed by atoms with Crippen LogP contribution in [-0.2, 0) is 11.3 Å². The fourth-order valence-electron chi connectivity index (χ4n) is 3.32. The fourth-order valence-corrected chi connectivity index (χ4v) is 4.20. The zero-order valence-corrected chi connectivity index (χ0v) is 20.4. The zero-order chi connectivity index (χ0) is 22.0. The highest BCUT2D eigenvalue weighted by Crippen LogP contribution is 2.37. The molecule has 31 heavy (non-hydrogen) atoms. The number of benzene rings is 3. The summed E-state index contributed by atoms with van der Waals surface area (Å²) in [5, 5.41) is 5.42. The first-order valence-corrected chi connectivity index (χ1v) is 11.4. The number of esters is 1. The van der Waals surface area contributed by atoms with Gasteiger partial charge in [-0.15, -0.1) is 0 Å². The predicted molar refractivity (Wildman–Crippen MR) is 130 cm³/mol. The van der Waals surface area contributed by atoms with E-state index < -0.39 is 0 Å². The summed E-state index contributed by atoms with van der Waals surface area (Å²) in [6.45, 7) is 0.451. The van der Waals surface area contributed by atoms with Crippen LogP contribution in [0, 0.1) is 0 Å². The first-order chi connectivity index (χ1) is 15.0. The van der Waals surface area contributed by atoms with Crippen molar-refractivity contribution in [1.29, 1.82) is 0 Å². The number of ether oxygens (including phenoxy) is 1. The molecular formula is C24H17Br2ClN2O2. The lowest BCUT2D eigenvalue weighted by Gasteiger charge is -2.09. The van der Waals surface area contributed by atoms with Crippen LogP contribution >= 0.6 is 43.5 Å². The van der Waals surface area contributed by atoms with E-state index in [9.17, 15) is 4.79 Å². The number of halogens is 3. The Bertz CT molecular complexity index is 1240. The highest BCUT2D eigenvalue weighted by atomic mass is 79.9. The van der Waals surface area contributed by atoms with Crippen molar-refractivity contribution in [1.82, 2.24) is 9.78 Å². The molecule has 4 rings (SSSR count). The molecule has 0 amide bonds. The lowest BCUT2D eigenvalue weighted by Crippen LogP contribution is -2.06. The van der Waals surface area contributed by atoms with E-state index in [-0.39, 0.29) is 5.97 Å². The van der Waals surface area contributed by atoms with Gasteiger partial charge in [0.1, 0.15) is 5.69 Å². The van der Waals surface area contributed by atoms with Gasteiger partial charge < -0.3 is 4.74 Å². The minimum absolute atomic E-state index is 0.371. The second-order valence-corrected chi connectivity index (χ2v) is 9.08. The summed E-state index contributed by atoms with van der Waals surface area (Å²) in [7, 11) is 1.37. The van der Waals surface area contributed by atoms with Crippen LogP contribution in [-0.4, -0.2) is 22.9 Å². The van der Waals surface area contributed by atoms with E-state index in [2.05, 4.69) is 31.9 Å². The highest BCUT2D eigenvalue weighted by Gasteiger charge is 2.20. The van der Waals surface area contributed by atoms with Crippen LogP contribution in [0.1, 0.15) is 15.9 Å². The van der Waals surface area contributed by atoms with Gasteiger partial charge in [-0.25, -0.2) is 4.79 Å². The van der Waals surface area contributed by atoms with Crippen molar-refractivity contribution < 1.29 is 9.53 Å². The molecule has 7 heteroatoms. The molecule has 1 aromatic heterocycles. The van der Waals surface area contributed by atoms with Crippen LogP contribution in [0.4, 0.5) is 0 Å². The van der Waals surface area contributed by atoms with Crippen molar-refractivity contribution in [3.8, 4) is 22.5 Å². The summed E-state index contributed by atoms with van der Waals surface area (Å²) in [5.41, 5.74) is 4.81. The molecule has 3 aromatic carbocycles. The third-order valence-electron chi connectivity index (χ3n) is 4.81. The molecule has 0 bridgehead atoms. The molecule has 0 saturated heterocycles. The lowest BCUT2D eigenvalue weighted by atomic mass is 10.1. The summed E-state index contributed by atoms with van der Waals surface area (Å²) < 4.78 is 8.69. The standard InChI is InChI=1S/C24H17Br2ClN2O2/c1-31-24(30)18-4-2-3-15(13-18)14-29-23(17-7-11-20(26)12-8-17)21(27)22(28-29)16-5-9-19(25)10-6-16/h2-13H,14H2,1H3. The maximum Gasteiger partial charge on any atom is 0.337 e. The van der Waals surface area contributed by atoms with Gasteiger partial charge in [-0.3, -0.25) is 4.68 Å². The lowest BCUT2D eigenvalue weighted by molar-refractivity contribution is 0.0600. The van der Waals surface area contributed by atoms with Gasteiger partial charge in [-0.1, -0.05) is 79.9 Å². The topological polar surface area (TPSA) is 44.1 Å². The van der Waals surface area contributed by atoms with Crippen LogP contribution in [0.25, 0.3) is 22.5 Å². The van der Waals surface area contributed by atoms with Crippen molar-refractivity contribution in [2.75, 3.05) is 7.11 Å². The number of methoxy groups -OCH3 is 1. The van der Waals surface area contributed by atoms with E-state index in [1.165, 1.54) is 7.11 Å². The second-order valence-electron chi connectivity index (χ2n) is 6.87. The molecule has 0 unspecified atom stereocenters. The molecule has 0 aliphatic carbocycles. The van der Waals surface area contributed by atoms with Gasteiger partial charge in [0, 0.05) is 20.1 Å². The Hall–Kier alpha value is -2.41. The Morgan fingerprint density at radius 1 is 0.968 bits per heavy atom. The molecule has 0 radical (unpaired) electrons. The summed E-state index contributed by atoms with van der Waals surface area (Å²) in [6.07, 6.45) is 0. The molecule has 4 nitrogen and oxygen atoms in total. The third kappa shape index (κ3) is 4.76. The number of aromatic nitrogens is 2. The summed E-state index contributed by atoms with van der Waals surface area (Å²) in [6, 6.07) is 23.2. The molecule has 0 atom stereocenters. The number of hydrogen-bond acceptors (Lipinski definition) is 3. The van der Waals surface area contributed by atoms with Crippen molar-refractivity contribution in [2.24, 2.45) is 0 Å². The number of rotatable bonds is 5. The molecular weight excluding hydrogens is 544 g/mol. The molecule has 0 N–H and O–H groups in total. The van der Waals surface area contributed by atoms with Crippen molar-refractivity contribution >= 4 is 49.4 Å². The molecule has 0 aliphatic rings. The van der Waals surface area contributed by atoms with Gasteiger partial charge >= 0.3 is 5.97 Å². The monoisotopic (exact) mass is 558 g/mol. The SMILES string of the molecule is COC(=O)c1cccc(Cn2nc(-c3ccc(Br)cc3)c(Cl)c2-c2ccc(Br)cc2)c1. The largest absolute Gasteiger partial charge is 0.465 e. The predicted octanol–water partition coefficient (Wildman–Crippen LogP) is 7.23. The van der Waals surface area contributed by atoms with Gasteiger partial charge in [0.05, 0.1) is 29.9 Å². The van der Waals surface area contributed by atoms with E-state index in [0.29, 0.717) is 22.8 Å². The first kappa shape index (κ1) is 21.8. The minimum Gasteiger partial charge on any atom is -0.465 e. The molecule has 0 aliphatic heterocycles. The average Bonchev–Trinajstić information content (AvgIpc) is 3.10. The van der Waals surface area contributed by atoms with Crippen LogP contribution in [0.5, 0.6) is 0 Å². The quantitative estimate of drug-likeness (QED) is 0.242. The first-order valence-electron chi connectivity index (χ1n) is 9.41. The Kier molecular flexibility index (Phi) is 6.60. The van der Waals surface area contributed by atoms with Crippen LogP contribution < -0.4 is 0 Å². The maximum absolute atomic E-state index is 11.9. The normalized spacial score (nSPS) is 10.8. The Balaban J connectivity index is 1.82. The zero-order valence-electron chi connectivity index (χ0n) is 16.5. The number of carbonyl (C=O) groups is 1. The third-order valence-corrected chi connectivity index (χ3v) is 6.23. The number of carbonyl (C=O) groups excluding carboxylic acids is 1. The summed E-state index contributed by atoms with van der Waals surface area (Å²) >= 11 is 13.8. The van der Waals surface area contributed by atoms with E-state index >= 15 is 0 Å². The van der Waals surface area contributed by atoms with Gasteiger partial charge in [0.25, 0.3) is 0 Å². The Morgan fingerprint density at radius 2 is 1.58 bits per heavy atom. The highest BCUT2D eigenvalue weighted by molar-refractivity contribution is 9.10. The minimum atomic E-state index is -0.371. The molecule has 0 fully saturated rings. The number of nitrogens with zero attached hydrogens (tertiary/aromatic N) is 2. The van der Waals surface area contributed by atoms with Crippen molar-refractivity contribution in [2.45, 2.75) is 6.54 Å². The molecule has 0 spiro atoms.